The topological polar surface area (TPSA) is 14.1 Å². The van der Waals surface area contributed by atoms with Gasteiger partial charge in [-0.2, -0.15) is 5.70 Å². The van der Waals surface area contributed by atoms with E-state index >= 15 is 0 Å². The van der Waals surface area contributed by atoms with Crippen molar-refractivity contribution in [1.82, 2.24) is 0 Å². The summed E-state index contributed by atoms with van der Waals surface area (Å²) in [6.45, 7) is 4.70. The first kappa shape index (κ1) is 11.7. The molecule has 0 aliphatic carbocycles. The van der Waals surface area contributed by atoms with Gasteiger partial charge in [0.15, 0.2) is 0 Å². The van der Waals surface area contributed by atoms with Crippen LogP contribution in [0.25, 0.3) is 5.32 Å². The number of hydrogen-bond donors (Lipinski definition) is 0. The maximum absolute atomic E-state index is 4.04. The molecule has 0 amide bonds. The minimum absolute atomic E-state index is 0. The summed E-state index contributed by atoms with van der Waals surface area (Å²) in [5, 5.41) is 4.04. The van der Waals surface area contributed by atoms with Gasteiger partial charge in [-0.15, -0.1) is 13.1 Å². The maximum Gasteiger partial charge on any atom is 0 e. The van der Waals surface area contributed by atoms with Gasteiger partial charge < -0.3 is 12.7 Å². The van der Waals surface area contributed by atoms with Crippen molar-refractivity contribution in [2.45, 2.75) is 12.8 Å². The van der Waals surface area contributed by atoms with Crippen molar-refractivity contribution in [1.29, 1.82) is 0 Å². The fourth-order valence-corrected chi connectivity index (χ4v) is 0.599. The SMILES string of the molecule is C=C1CCC[N-]1.[CH3-].[Pr]. The van der Waals surface area contributed by atoms with E-state index in [4.69, 9.17) is 0 Å². The van der Waals surface area contributed by atoms with E-state index in [1.54, 1.807) is 0 Å². The van der Waals surface area contributed by atoms with Crippen LogP contribution in [0.15, 0.2) is 12.3 Å². The second kappa shape index (κ2) is 6.03. The average Bonchev–Trinajstić information content (AvgIpc) is 1.86. The minimum atomic E-state index is 0. The predicted octanol–water partition coefficient (Wildman–Crippen LogP) is 2.12. The van der Waals surface area contributed by atoms with Crippen molar-refractivity contribution >= 4 is 0 Å². The molecule has 0 N–H and O–H groups in total. The Bertz CT molecular complexity index is 62.9. The molecule has 0 aromatic rings. The standard InChI is InChI=1S/C5H8N.CH3.Pr/c1-5-3-2-4-6-5;;/h1-4H2;1H3;/q2*-1;. The third-order valence-electron chi connectivity index (χ3n) is 0.959. The number of allylic oxidation sites excluding steroid dienone is 1. The Morgan fingerprint density at radius 2 is 2.12 bits per heavy atom. The molecule has 0 unspecified atom stereocenters. The van der Waals surface area contributed by atoms with Gasteiger partial charge >= 0.3 is 0 Å². The summed E-state index contributed by atoms with van der Waals surface area (Å²) in [6, 6.07) is 0. The normalized spacial score (nSPS) is 15.8. The molecule has 0 aromatic heterocycles. The molecule has 0 spiro atoms. The molecule has 0 bridgehead atoms. The zero-order valence-electron chi connectivity index (χ0n) is 5.35. The van der Waals surface area contributed by atoms with E-state index in [0.29, 0.717) is 0 Å². The molecular weight excluding hydrogens is 227 g/mol. The summed E-state index contributed by atoms with van der Waals surface area (Å²) in [6.07, 6.45) is 2.35. The van der Waals surface area contributed by atoms with Gasteiger partial charge in [0, 0.05) is 41.3 Å². The van der Waals surface area contributed by atoms with Gasteiger partial charge in [0.05, 0.1) is 0 Å². The molecule has 2 heteroatoms. The third kappa shape index (κ3) is 3.85. The van der Waals surface area contributed by atoms with Crippen LogP contribution in [0, 0.1) is 48.7 Å². The van der Waals surface area contributed by atoms with E-state index < -0.39 is 0 Å². The van der Waals surface area contributed by atoms with Crippen LogP contribution in [-0.2, 0) is 0 Å². The van der Waals surface area contributed by atoms with E-state index in [-0.39, 0.29) is 48.7 Å². The average molecular weight is 238 g/mol. The molecule has 0 atom stereocenters. The van der Waals surface area contributed by atoms with Crippen molar-refractivity contribution in [2.75, 3.05) is 6.54 Å². The minimum Gasteiger partial charge on any atom is -0.688 e. The summed E-state index contributed by atoms with van der Waals surface area (Å²) in [5.41, 5.74) is 1.08. The molecule has 1 nitrogen and oxygen atoms in total. The Kier molecular flexibility index (Phi) is 8.80. The zero-order valence-corrected chi connectivity index (χ0v) is 9.06. The van der Waals surface area contributed by atoms with Gasteiger partial charge in [-0.3, -0.25) is 0 Å². The number of rotatable bonds is 0. The first-order chi connectivity index (χ1) is 2.89. The molecule has 1 fully saturated rings. The van der Waals surface area contributed by atoms with Gasteiger partial charge in [0.2, 0.25) is 0 Å². The van der Waals surface area contributed by atoms with Crippen molar-refractivity contribution in [3.8, 4) is 0 Å². The molecule has 1 aliphatic heterocycles. The van der Waals surface area contributed by atoms with Crippen LogP contribution in [0.3, 0.4) is 0 Å². The quantitative estimate of drug-likeness (QED) is 0.574. The zero-order chi connectivity index (χ0) is 4.41. The van der Waals surface area contributed by atoms with Crippen molar-refractivity contribution in [3.63, 3.8) is 0 Å². The molecule has 1 rings (SSSR count). The molecule has 45 valence electrons. The van der Waals surface area contributed by atoms with Crippen LogP contribution < -0.4 is 0 Å². The largest absolute Gasteiger partial charge is 0.688 e. The van der Waals surface area contributed by atoms with E-state index in [9.17, 15) is 0 Å². The maximum atomic E-state index is 4.04. The van der Waals surface area contributed by atoms with Crippen LogP contribution >= 0.6 is 0 Å². The van der Waals surface area contributed by atoms with Crippen LogP contribution in [0.2, 0.25) is 0 Å². The van der Waals surface area contributed by atoms with E-state index in [1.165, 1.54) is 6.42 Å². The van der Waals surface area contributed by atoms with Crippen LogP contribution in [0.1, 0.15) is 12.8 Å². The van der Waals surface area contributed by atoms with Crippen molar-refractivity contribution in [2.24, 2.45) is 0 Å². The summed E-state index contributed by atoms with van der Waals surface area (Å²) >= 11 is 0. The molecule has 0 aromatic carbocycles. The second-order valence-electron chi connectivity index (χ2n) is 1.55. The Balaban J connectivity index is 0. The molecule has 1 aliphatic rings. The van der Waals surface area contributed by atoms with E-state index in [2.05, 4.69) is 11.9 Å². The summed E-state index contributed by atoms with van der Waals surface area (Å²) in [5.74, 6) is 0. The monoisotopic (exact) mass is 238 g/mol. The number of nitrogens with zero attached hydrogens (tertiary/aromatic N) is 1. The first-order valence-electron chi connectivity index (χ1n) is 2.25. The molecule has 1 radical (unpaired) electrons. The Morgan fingerprint density at radius 1 is 1.50 bits per heavy atom. The Hall–Kier alpha value is 0.904. The van der Waals surface area contributed by atoms with Crippen LogP contribution in [0.5, 0.6) is 0 Å². The Morgan fingerprint density at radius 3 is 2.25 bits per heavy atom. The first-order valence-corrected chi connectivity index (χ1v) is 2.25. The van der Waals surface area contributed by atoms with E-state index in [0.717, 1.165) is 18.7 Å². The third-order valence-corrected chi connectivity index (χ3v) is 0.959. The summed E-state index contributed by atoms with van der Waals surface area (Å²) < 4.78 is 0. The predicted molar refractivity (Wildman–Crippen MR) is 33.0 cm³/mol. The molecular formula is C6H11NPr-2. The number of hydrogen-bond acceptors (Lipinski definition) is 0. The molecule has 0 saturated carbocycles. The summed E-state index contributed by atoms with van der Waals surface area (Å²) in [4.78, 5) is 0. The fraction of sp³-hybridized carbons (Fsp3) is 0.500. The van der Waals surface area contributed by atoms with Gasteiger partial charge in [0.1, 0.15) is 0 Å². The van der Waals surface area contributed by atoms with Crippen molar-refractivity contribution in [3.05, 3.63) is 25.0 Å². The van der Waals surface area contributed by atoms with Gasteiger partial charge in [-0.1, -0.05) is 12.8 Å². The molecule has 1 heterocycles. The molecule has 8 heavy (non-hydrogen) atoms. The van der Waals surface area contributed by atoms with Gasteiger partial charge in [-0.05, 0) is 0 Å². The Labute approximate surface area is 84.9 Å². The van der Waals surface area contributed by atoms with Crippen molar-refractivity contribution < 1.29 is 41.3 Å². The fourth-order valence-electron chi connectivity index (χ4n) is 0.599. The summed E-state index contributed by atoms with van der Waals surface area (Å²) in [7, 11) is 0. The molecule has 1 saturated heterocycles. The van der Waals surface area contributed by atoms with Crippen LogP contribution in [0.4, 0.5) is 0 Å². The van der Waals surface area contributed by atoms with Gasteiger partial charge in [-0.25, -0.2) is 0 Å². The van der Waals surface area contributed by atoms with Gasteiger partial charge in [0.25, 0.3) is 0 Å². The second-order valence-corrected chi connectivity index (χ2v) is 1.55. The van der Waals surface area contributed by atoms with Crippen LogP contribution in [-0.4, -0.2) is 6.54 Å². The smallest absolute Gasteiger partial charge is 0 e. The van der Waals surface area contributed by atoms with E-state index in [1.807, 2.05) is 0 Å².